The van der Waals surface area contributed by atoms with E-state index < -0.39 is 0 Å². The minimum absolute atomic E-state index is 0.297. The largest absolute Gasteiger partial charge is 0.508 e. The Bertz CT molecular complexity index is 753. The van der Waals surface area contributed by atoms with Gasteiger partial charge in [-0.05, 0) is 53.8 Å². The van der Waals surface area contributed by atoms with Gasteiger partial charge in [0.2, 0.25) is 0 Å². The molecule has 0 aliphatic heterocycles. The molecule has 0 fully saturated rings. The number of aromatic hydroxyl groups is 1. The maximum absolute atomic E-state index is 9.41. The number of nitrogens with zero attached hydrogens (tertiary/aromatic N) is 1. The number of phenolic OH excluding ortho intramolecular Hbond substituents is 1. The third-order valence-corrected chi connectivity index (χ3v) is 3.40. The molecule has 0 unspecified atom stereocenters. The number of nitrogens with one attached hydrogen (secondary N) is 1. The Morgan fingerprint density at radius 2 is 1.95 bits per heavy atom. The van der Waals surface area contributed by atoms with Crippen LogP contribution in [0.4, 0.5) is 5.69 Å². The normalized spacial score (nSPS) is 10.7. The molecule has 0 saturated carbocycles. The number of hydrogen-bond acceptors (Lipinski definition) is 3. The highest BCUT2D eigenvalue weighted by Gasteiger charge is 2.00. The fourth-order valence-electron chi connectivity index (χ4n) is 2.29. The number of phenols is 1. The molecule has 2 N–H and O–H groups in total. The molecule has 0 bridgehead atoms. The van der Waals surface area contributed by atoms with E-state index in [1.54, 1.807) is 12.1 Å². The summed E-state index contributed by atoms with van der Waals surface area (Å²) in [4.78, 5) is 4.12. The lowest BCUT2D eigenvalue weighted by Gasteiger charge is -2.10. The smallest absolute Gasteiger partial charge is 0.115 e. The minimum Gasteiger partial charge on any atom is -0.508 e. The number of anilines is 1. The van der Waals surface area contributed by atoms with Crippen molar-refractivity contribution in [3.05, 3.63) is 66.0 Å². The molecular weight excluding hydrogens is 248 g/mol. The second-order valence-electron chi connectivity index (χ2n) is 4.91. The molecule has 0 aliphatic rings. The first-order chi connectivity index (χ1) is 9.72. The monoisotopic (exact) mass is 264 g/mol. The SMILES string of the molecule is Cc1cc(O)ccc1NCc1ccc2cnccc2c1. The van der Waals surface area contributed by atoms with Crippen LogP contribution in [0.2, 0.25) is 0 Å². The molecule has 0 aliphatic carbocycles. The maximum atomic E-state index is 9.41. The van der Waals surface area contributed by atoms with E-state index >= 15 is 0 Å². The van der Waals surface area contributed by atoms with E-state index in [-0.39, 0.29) is 0 Å². The summed E-state index contributed by atoms with van der Waals surface area (Å²) in [5, 5.41) is 15.1. The van der Waals surface area contributed by atoms with Crippen molar-refractivity contribution in [3.63, 3.8) is 0 Å². The van der Waals surface area contributed by atoms with Crippen molar-refractivity contribution in [1.29, 1.82) is 0 Å². The molecular formula is C17H16N2O. The van der Waals surface area contributed by atoms with Crippen LogP contribution in [0.5, 0.6) is 5.75 Å². The molecule has 1 aromatic heterocycles. The van der Waals surface area contributed by atoms with Crippen molar-refractivity contribution in [2.45, 2.75) is 13.5 Å². The fraction of sp³-hybridized carbons (Fsp3) is 0.118. The Morgan fingerprint density at radius 1 is 1.05 bits per heavy atom. The summed E-state index contributed by atoms with van der Waals surface area (Å²) in [6, 6.07) is 13.7. The molecule has 100 valence electrons. The van der Waals surface area contributed by atoms with Crippen LogP contribution in [0.1, 0.15) is 11.1 Å². The first-order valence-electron chi connectivity index (χ1n) is 6.58. The Kier molecular flexibility index (Phi) is 3.25. The minimum atomic E-state index is 0.297. The summed E-state index contributed by atoms with van der Waals surface area (Å²) in [5.74, 6) is 0.297. The van der Waals surface area contributed by atoms with E-state index in [9.17, 15) is 5.11 Å². The number of fused-ring (bicyclic) bond motifs is 1. The average Bonchev–Trinajstić information content (AvgIpc) is 2.46. The molecule has 0 saturated heterocycles. The lowest BCUT2D eigenvalue weighted by atomic mass is 10.1. The van der Waals surface area contributed by atoms with Crippen molar-refractivity contribution >= 4 is 16.5 Å². The van der Waals surface area contributed by atoms with Crippen LogP contribution in [0, 0.1) is 6.92 Å². The summed E-state index contributed by atoms with van der Waals surface area (Å²) < 4.78 is 0. The van der Waals surface area contributed by atoms with Crippen LogP contribution >= 0.6 is 0 Å². The van der Waals surface area contributed by atoms with Crippen molar-refractivity contribution in [3.8, 4) is 5.75 Å². The van der Waals surface area contributed by atoms with Crippen LogP contribution < -0.4 is 5.32 Å². The number of pyridine rings is 1. The summed E-state index contributed by atoms with van der Waals surface area (Å²) in [6.07, 6.45) is 3.68. The van der Waals surface area contributed by atoms with Crippen LogP contribution in [-0.4, -0.2) is 10.1 Å². The van der Waals surface area contributed by atoms with Gasteiger partial charge < -0.3 is 10.4 Å². The summed E-state index contributed by atoms with van der Waals surface area (Å²) >= 11 is 0. The van der Waals surface area contributed by atoms with Crippen molar-refractivity contribution in [1.82, 2.24) is 4.98 Å². The van der Waals surface area contributed by atoms with Crippen LogP contribution in [-0.2, 0) is 6.54 Å². The van der Waals surface area contributed by atoms with E-state index in [1.165, 1.54) is 10.9 Å². The first-order valence-corrected chi connectivity index (χ1v) is 6.58. The molecule has 3 aromatic rings. The first kappa shape index (κ1) is 12.5. The molecule has 2 aromatic carbocycles. The van der Waals surface area contributed by atoms with Gasteiger partial charge in [-0.3, -0.25) is 4.98 Å². The van der Waals surface area contributed by atoms with Gasteiger partial charge in [0.1, 0.15) is 5.75 Å². The van der Waals surface area contributed by atoms with Crippen LogP contribution in [0.15, 0.2) is 54.9 Å². The summed E-state index contributed by atoms with van der Waals surface area (Å²) in [7, 11) is 0. The molecule has 3 heteroatoms. The van der Waals surface area contributed by atoms with Gasteiger partial charge in [-0.25, -0.2) is 0 Å². The van der Waals surface area contributed by atoms with Gasteiger partial charge in [-0.1, -0.05) is 12.1 Å². The topological polar surface area (TPSA) is 45.1 Å². The highest BCUT2D eigenvalue weighted by molar-refractivity contribution is 5.82. The Labute approximate surface area is 117 Å². The van der Waals surface area contributed by atoms with Crippen molar-refractivity contribution < 1.29 is 5.11 Å². The zero-order valence-electron chi connectivity index (χ0n) is 11.3. The molecule has 0 radical (unpaired) electrons. The zero-order valence-corrected chi connectivity index (χ0v) is 11.3. The third kappa shape index (κ3) is 2.57. The van der Waals surface area contributed by atoms with Crippen molar-refractivity contribution in [2.24, 2.45) is 0 Å². The van der Waals surface area contributed by atoms with E-state index in [2.05, 4.69) is 28.5 Å². The summed E-state index contributed by atoms with van der Waals surface area (Å²) in [6.45, 7) is 2.73. The highest BCUT2D eigenvalue weighted by Crippen LogP contribution is 2.21. The molecule has 1 heterocycles. The fourth-order valence-corrected chi connectivity index (χ4v) is 2.29. The lowest BCUT2D eigenvalue weighted by molar-refractivity contribution is 0.475. The van der Waals surface area contributed by atoms with Gasteiger partial charge in [-0.15, -0.1) is 0 Å². The number of rotatable bonds is 3. The highest BCUT2D eigenvalue weighted by atomic mass is 16.3. The van der Waals surface area contributed by atoms with Gasteiger partial charge in [0.25, 0.3) is 0 Å². The van der Waals surface area contributed by atoms with E-state index in [0.717, 1.165) is 23.2 Å². The van der Waals surface area contributed by atoms with Gasteiger partial charge >= 0.3 is 0 Å². The standard InChI is InChI=1S/C17H16N2O/c1-12-8-16(20)4-5-17(12)19-10-13-2-3-15-11-18-7-6-14(15)9-13/h2-9,11,19-20H,10H2,1H3. The van der Waals surface area contributed by atoms with Crippen LogP contribution in [0.3, 0.4) is 0 Å². The quantitative estimate of drug-likeness (QED) is 0.706. The summed E-state index contributed by atoms with van der Waals surface area (Å²) in [5.41, 5.74) is 3.30. The predicted molar refractivity (Wildman–Crippen MR) is 81.9 cm³/mol. The average molecular weight is 264 g/mol. The second kappa shape index (κ2) is 5.21. The van der Waals surface area contributed by atoms with Crippen LogP contribution in [0.25, 0.3) is 10.8 Å². The molecule has 3 rings (SSSR count). The van der Waals surface area contributed by atoms with Crippen molar-refractivity contribution in [2.75, 3.05) is 5.32 Å². The Morgan fingerprint density at radius 3 is 2.80 bits per heavy atom. The Hall–Kier alpha value is -2.55. The number of benzene rings is 2. The third-order valence-electron chi connectivity index (χ3n) is 3.40. The van der Waals surface area contributed by atoms with E-state index in [4.69, 9.17) is 0 Å². The molecule has 0 atom stereocenters. The number of hydrogen-bond donors (Lipinski definition) is 2. The predicted octanol–water partition coefficient (Wildman–Crippen LogP) is 3.86. The molecule has 0 amide bonds. The lowest BCUT2D eigenvalue weighted by Crippen LogP contribution is -2.00. The van der Waals surface area contributed by atoms with Gasteiger partial charge in [0, 0.05) is 30.0 Å². The van der Waals surface area contributed by atoms with Gasteiger partial charge in [0.05, 0.1) is 0 Å². The molecule has 20 heavy (non-hydrogen) atoms. The maximum Gasteiger partial charge on any atom is 0.115 e. The van der Waals surface area contributed by atoms with E-state index in [0.29, 0.717) is 5.75 Å². The molecule has 3 nitrogen and oxygen atoms in total. The number of aromatic nitrogens is 1. The number of aryl methyl sites for hydroxylation is 1. The Balaban J connectivity index is 1.79. The zero-order chi connectivity index (χ0) is 13.9. The van der Waals surface area contributed by atoms with Gasteiger partial charge in [-0.2, -0.15) is 0 Å². The second-order valence-corrected chi connectivity index (χ2v) is 4.91. The van der Waals surface area contributed by atoms with E-state index in [1.807, 2.05) is 31.5 Å². The molecule has 0 spiro atoms. The van der Waals surface area contributed by atoms with Gasteiger partial charge in [0.15, 0.2) is 0 Å².